The molecule has 2 rings (SSSR count). The first-order valence-corrected chi connectivity index (χ1v) is 10.2. The van der Waals surface area contributed by atoms with Gasteiger partial charge in [-0.15, -0.1) is 16.5 Å². The molecule has 29 heavy (non-hydrogen) atoms. The molecule has 0 aromatic heterocycles. The van der Waals surface area contributed by atoms with Crippen LogP contribution in [0.4, 0.5) is 4.79 Å². The largest absolute Gasteiger partial charge is 0.387 e. The minimum Gasteiger partial charge on any atom is -0.387 e. The van der Waals surface area contributed by atoms with Crippen LogP contribution in [0.15, 0.2) is 5.29 Å². The Morgan fingerprint density at radius 3 is 2.38 bits per heavy atom. The third-order valence-electron chi connectivity index (χ3n) is 5.14. The molecular formula is C17H30ClN3O8. The van der Waals surface area contributed by atoms with Crippen LogP contribution in [0.25, 0.3) is 0 Å². The van der Waals surface area contributed by atoms with Gasteiger partial charge in [0.25, 0.3) is 0 Å². The van der Waals surface area contributed by atoms with Gasteiger partial charge in [0.15, 0.2) is 12.0 Å². The van der Waals surface area contributed by atoms with Crippen molar-refractivity contribution in [1.82, 2.24) is 9.91 Å². The number of ether oxygens (including phenoxy) is 1. The van der Waals surface area contributed by atoms with E-state index in [2.05, 4.69) is 5.29 Å². The highest BCUT2D eigenvalue weighted by molar-refractivity contribution is 6.18. The molecule has 1 aliphatic carbocycles. The standard InChI is InChI=1S/C17H30ClN3O8/c1-9(2)7-17(27)14(24)12(23)11(22)13(29-17)15(25)20(8-10-3-4-10)16(26)21(19-28)6-5-18/h9-15,22-25,27H,3-8H2,1-2H3/t11-,12-,13-,14-,15?,17-/m0/s1. The van der Waals surface area contributed by atoms with E-state index < -0.39 is 42.5 Å². The number of aliphatic hydroxyl groups is 5. The lowest BCUT2D eigenvalue weighted by molar-refractivity contribution is -0.367. The quantitative estimate of drug-likeness (QED) is 0.140. The first-order valence-electron chi connectivity index (χ1n) is 9.65. The summed E-state index contributed by atoms with van der Waals surface area (Å²) in [6.45, 7) is 3.37. The maximum atomic E-state index is 12.7. The molecular weight excluding hydrogens is 410 g/mol. The van der Waals surface area contributed by atoms with Gasteiger partial charge >= 0.3 is 6.03 Å². The third-order valence-corrected chi connectivity index (χ3v) is 5.31. The van der Waals surface area contributed by atoms with Gasteiger partial charge < -0.3 is 30.3 Å². The van der Waals surface area contributed by atoms with E-state index in [0.29, 0.717) is 5.01 Å². The minimum atomic E-state index is -2.24. The van der Waals surface area contributed by atoms with Gasteiger partial charge in [0, 0.05) is 18.8 Å². The molecule has 0 aromatic carbocycles. The molecule has 2 aliphatic rings. The number of alkyl halides is 1. The van der Waals surface area contributed by atoms with Gasteiger partial charge in [-0.2, -0.15) is 5.01 Å². The summed E-state index contributed by atoms with van der Waals surface area (Å²) in [6.07, 6.45) is -7.36. The average Bonchev–Trinajstić information content (AvgIpc) is 3.48. The zero-order chi connectivity index (χ0) is 21.9. The number of urea groups is 1. The predicted molar refractivity (Wildman–Crippen MR) is 101 cm³/mol. The number of carbonyl (C=O) groups excluding carboxylic acids is 1. The van der Waals surface area contributed by atoms with Crippen LogP contribution < -0.4 is 0 Å². The summed E-state index contributed by atoms with van der Waals surface area (Å²) in [5.41, 5.74) is 0. The van der Waals surface area contributed by atoms with Crippen molar-refractivity contribution in [2.75, 3.05) is 19.0 Å². The van der Waals surface area contributed by atoms with E-state index in [4.69, 9.17) is 16.3 Å². The van der Waals surface area contributed by atoms with E-state index in [-0.39, 0.29) is 37.2 Å². The molecule has 0 aromatic rings. The Morgan fingerprint density at radius 2 is 1.90 bits per heavy atom. The van der Waals surface area contributed by atoms with Gasteiger partial charge in [0.1, 0.15) is 24.4 Å². The van der Waals surface area contributed by atoms with Crippen LogP contribution in [0.3, 0.4) is 0 Å². The molecule has 6 atom stereocenters. The van der Waals surface area contributed by atoms with Gasteiger partial charge in [0.2, 0.25) is 0 Å². The van der Waals surface area contributed by atoms with Crippen molar-refractivity contribution >= 4 is 17.6 Å². The Balaban J connectivity index is 2.28. The summed E-state index contributed by atoms with van der Waals surface area (Å²) < 4.78 is 5.45. The Hall–Kier alpha value is -1.08. The molecule has 0 radical (unpaired) electrons. The second-order valence-corrected chi connectivity index (χ2v) is 8.51. The molecule has 0 bridgehead atoms. The number of nitroso groups, excluding NO2 is 1. The molecule has 5 N–H and O–H groups in total. The summed E-state index contributed by atoms with van der Waals surface area (Å²) >= 11 is 5.58. The monoisotopic (exact) mass is 439 g/mol. The van der Waals surface area contributed by atoms with Crippen molar-refractivity contribution in [1.29, 1.82) is 0 Å². The van der Waals surface area contributed by atoms with Gasteiger partial charge in [-0.25, -0.2) is 4.79 Å². The van der Waals surface area contributed by atoms with Gasteiger partial charge in [0.05, 0.1) is 11.8 Å². The summed E-state index contributed by atoms with van der Waals surface area (Å²) in [7, 11) is 0. The highest BCUT2D eigenvalue weighted by Gasteiger charge is 2.56. The van der Waals surface area contributed by atoms with Crippen LogP contribution in [0.5, 0.6) is 0 Å². The van der Waals surface area contributed by atoms with Crippen molar-refractivity contribution in [2.45, 2.75) is 69.5 Å². The molecule has 1 saturated carbocycles. The fourth-order valence-electron chi connectivity index (χ4n) is 3.47. The lowest BCUT2D eigenvalue weighted by Gasteiger charge is -2.49. The van der Waals surface area contributed by atoms with Crippen molar-refractivity contribution < 1.29 is 35.1 Å². The summed E-state index contributed by atoms with van der Waals surface area (Å²) in [5.74, 6) is -2.38. The predicted octanol–water partition coefficient (Wildman–Crippen LogP) is -0.425. The molecule has 0 spiro atoms. The fraction of sp³-hybridized carbons (Fsp3) is 0.941. The summed E-state index contributed by atoms with van der Waals surface area (Å²) in [4.78, 5) is 24.7. The Bertz CT molecular complexity index is 581. The molecule has 11 nitrogen and oxygen atoms in total. The molecule has 12 heteroatoms. The van der Waals surface area contributed by atoms with Gasteiger partial charge in [-0.1, -0.05) is 13.8 Å². The van der Waals surface area contributed by atoms with E-state index in [9.17, 15) is 35.2 Å². The second kappa shape index (κ2) is 9.82. The normalized spacial score (nSPS) is 33.4. The van der Waals surface area contributed by atoms with Crippen LogP contribution in [0.1, 0.15) is 33.1 Å². The number of hydrogen-bond acceptors (Lipinski definition) is 9. The zero-order valence-electron chi connectivity index (χ0n) is 16.5. The Kier molecular flexibility index (Phi) is 8.19. The number of nitrogens with zero attached hydrogens (tertiary/aromatic N) is 3. The number of amides is 2. The van der Waals surface area contributed by atoms with Crippen LogP contribution in [0.2, 0.25) is 0 Å². The molecule has 1 heterocycles. The molecule has 2 amide bonds. The molecule has 168 valence electrons. The van der Waals surface area contributed by atoms with Crippen molar-refractivity contribution in [3.05, 3.63) is 4.91 Å². The maximum Gasteiger partial charge on any atom is 0.345 e. The molecule has 1 saturated heterocycles. The lowest BCUT2D eigenvalue weighted by atomic mass is 9.87. The molecule has 2 fully saturated rings. The number of halogens is 1. The zero-order valence-corrected chi connectivity index (χ0v) is 17.2. The first kappa shape index (κ1) is 24.2. The highest BCUT2D eigenvalue weighted by atomic mass is 35.5. The first-order chi connectivity index (χ1) is 13.6. The fourth-order valence-corrected chi connectivity index (χ4v) is 3.63. The smallest absolute Gasteiger partial charge is 0.345 e. The average molecular weight is 440 g/mol. The van der Waals surface area contributed by atoms with E-state index in [1.807, 2.05) is 0 Å². The number of aliphatic hydroxyl groups excluding tert-OH is 4. The molecule has 1 unspecified atom stereocenters. The lowest BCUT2D eigenvalue weighted by Crippen LogP contribution is -2.69. The Labute approximate surface area is 173 Å². The van der Waals surface area contributed by atoms with Crippen LogP contribution in [-0.4, -0.2) is 96.9 Å². The summed E-state index contributed by atoms with van der Waals surface area (Å²) in [5, 5.41) is 55.5. The van der Waals surface area contributed by atoms with Crippen LogP contribution in [0, 0.1) is 16.7 Å². The van der Waals surface area contributed by atoms with Gasteiger partial charge in [-0.3, -0.25) is 4.90 Å². The van der Waals surface area contributed by atoms with E-state index in [0.717, 1.165) is 17.7 Å². The highest BCUT2D eigenvalue weighted by Crippen LogP contribution is 2.36. The third kappa shape index (κ3) is 5.54. The molecule has 1 aliphatic heterocycles. The van der Waals surface area contributed by atoms with Crippen molar-refractivity contribution in [2.24, 2.45) is 17.1 Å². The second-order valence-electron chi connectivity index (χ2n) is 8.14. The number of carbonyl (C=O) groups is 1. The minimum absolute atomic E-state index is 0.0577. The van der Waals surface area contributed by atoms with Crippen molar-refractivity contribution in [3.8, 4) is 0 Å². The SMILES string of the molecule is CC(C)C[C@]1(O)O[C@H](C(O)N(CC2CC2)C(=O)N(CCCl)N=O)[C@@H](O)[C@H](O)[C@@H]1O. The maximum absolute atomic E-state index is 12.7. The van der Waals surface area contributed by atoms with E-state index in [1.54, 1.807) is 13.8 Å². The van der Waals surface area contributed by atoms with Gasteiger partial charge in [-0.05, 0) is 24.7 Å². The Morgan fingerprint density at radius 1 is 1.28 bits per heavy atom. The number of hydrogen-bond donors (Lipinski definition) is 5. The van der Waals surface area contributed by atoms with Crippen molar-refractivity contribution in [3.63, 3.8) is 0 Å². The van der Waals surface area contributed by atoms with Crippen LogP contribution >= 0.6 is 11.6 Å². The van der Waals surface area contributed by atoms with E-state index in [1.165, 1.54) is 0 Å². The van der Waals surface area contributed by atoms with E-state index >= 15 is 0 Å². The number of rotatable bonds is 9. The topological polar surface area (TPSA) is 163 Å². The van der Waals surface area contributed by atoms with Crippen LogP contribution in [-0.2, 0) is 4.74 Å². The summed E-state index contributed by atoms with van der Waals surface area (Å²) in [6, 6.07) is -0.941.